The molecule has 0 atom stereocenters. The standard InChI is InChI=1S/C7H6BrNS/c8-3-1-7-6(5-9)2-4-10-7/h2,4H,1,3H2. The summed E-state index contributed by atoms with van der Waals surface area (Å²) in [5.41, 5.74) is 0.824. The lowest BCUT2D eigenvalue weighted by Gasteiger charge is -1.89. The minimum Gasteiger partial charge on any atom is -0.192 e. The molecule has 52 valence electrons. The minimum absolute atomic E-state index is 0.824. The Morgan fingerprint density at radius 1 is 1.70 bits per heavy atom. The fourth-order valence-electron chi connectivity index (χ4n) is 0.720. The highest BCUT2D eigenvalue weighted by Crippen LogP contribution is 2.16. The third-order valence-corrected chi connectivity index (χ3v) is 2.56. The number of halogens is 1. The van der Waals surface area contributed by atoms with Crippen LogP contribution in [0.1, 0.15) is 10.4 Å². The Morgan fingerprint density at radius 2 is 2.50 bits per heavy atom. The van der Waals surface area contributed by atoms with Gasteiger partial charge in [-0.05, 0) is 17.9 Å². The fraction of sp³-hybridized carbons (Fsp3) is 0.286. The van der Waals surface area contributed by atoms with Crippen molar-refractivity contribution in [2.45, 2.75) is 6.42 Å². The summed E-state index contributed by atoms with van der Waals surface area (Å²) in [6.45, 7) is 0. The van der Waals surface area contributed by atoms with E-state index < -0.39 is 0 Å². The van der Waals surface area contributed by atoms with Gasteiger partial charge in [-0.2, -0.15) is 5.26 Å². The molecule has 0 amide bonds. The Morgan fingerprint density at radius 3 is 3.10 bits per heavy atom. The monoisotopic (exact) mass is 215 g/mol. The van der Waals surface area contributed by atoms with Crippen LogP contribution in [0.2, 0.25) is 0 Å². The highest BCUT2D eigenvalue weighted by atomic mass is 79.9. The molecule has 0 aromatic carbocycles. The van der Waals surface area contributed by atoms with Gasteiger partial charge in [0.25, 0.3) is 0 Å². The molecule has 1 nitrogen and oxygen atoms in total. The highest BCUT2D eigenvalue weighted by molar-refractivity contribution is 9.09. The molecule has 3 heteroatoms. The number of hydrogen-bond donors (Lipinski definition) is 0. The van der Waals surface area contributed by atoms with E-state index in [0.717, 1.165) is 17.3 Å². The molecule has 0 fully saturated rings. The molecule has 0 unspecified atom stereocenters. The average molecular weight is 216 g/mol. The predicted octanol–water partition coefficient (Wildman–Crippen LogP) is 2.56. The Bertz CT molecular complexity index is 248. The Labute approximate surface area is 72.4 Å². The van der Waals surface area contributed by atoms with E-state index in [1.54, 1.807) is 11.3 Å². The van der Waals surface area contributed by atoms with Gasteiger partial charge in [-0.15, -0.1) is 11.3 Å². The topological polar surface area (TPSA) is 23.8 Å². The van der Waals surface area contributed by atoms with Crippen molar-refractivity contribution in [2.24, 2.45) is 0 Å². The number of aryl methyl sites for hydroxylation is 1. The maximum atomic E-state index is 8.58. The summed E-state index contributed by atoms with van der Waals surface area (Å²) in [7, 11) is 0. The lowest BCUT2D eigenvalue weighted by atomic mass is 10.2. The van der Waals surface area contributed by atoms with Crippen molar-refractivity contribution in [1.29, 1.82) is 5.26 Å². The molecule has 0 radical (unpaired) electrons. The second-order valence-corrected chi connectivity index (χ2v) is 3.60. The first kappa shape index (κ1) is 7.77. The summed E-state index contributed by atoms with van der Waals surface area (Å²) in [6.07, 6.45) is 0.959. The van der Waals surface area contributed by atoms with Crippen molar-refractivity contribution in [3.8, 4) is 6.07 Å². The van der Waals surface area contributed by atoms with E-state index in [4.69, 9.17) is 5.26 Å². The molecule has 0 aliphatic carbocycles. The first-order valence-corrected chi connectivity index (χ1v) is 4.91. The third-order valence-electron chi connectivity index (χ3n) is 1.19. The molecule has 0 bridgehead atoms. The van der Waals surface area contributed by atoms with E-state index in [1.165, 1.54) is 4.88 Å². The van der Waals surface area contributed by atoms with Crippen LogP contribution in [-0.4, -0.2) is 5.33 Å². The summed E-state index contributed by atoms with van der Waals surface area (Å²) < 4.78 is 0. The molecule has 0 saturated carbocycles. The van der Waals surface area contributed by atoms with Crippen molar-refractivity contribution in [3.63, 3.8) is 0 Å². The molecular formula is C7H6BrNS. The molecule has 1 aromatic rings. The van der Waals surface area contributed by atoms with Gasteiger partial charge in [-0.25, -0.2) is 0 Å². The summed E-state index contributed by atoms with van der Waals surface area (Å²) >= 11 is 4.98. The average Bonchev–Trinajstić information content (AvgIpc) is 2.36. The number of alkyl halides is 1. The lowest BCUT2D eigenvalue weighted by Crippen LogP contribution is -1.82. The van der Waals surface area contributed by atoms with Crippen molar-refractivity contribution in [1.82, 2.24) is 0 Å². The predicted molar refractivity (Wildman–Crippen MR) is 46.5 cm³/mol. The quantitative estimate of drug-likeness (QED) is 0.697. The molecule has 0 saturated heterocycles. The molecule has 10 heavy (non-hydrogen) atoms. The first-order chi connectivity index (χ1) is 4.88. The van der Waals surface area contributed by atoms with Crippen LogP contribution < -0.4 is 0 Å². The van der Waals surface area contributed by atoms with Gasteiger partial charge in [-0.3, -0.25) is 0 Å². The molecule has 1 rings (SSSR count). The van der Waals surface area contributed by atoms with Crippen molar-refractivity contribution in [3.05, 3.63) is 21.9 Å². The number of thiophene rings is 1. The van der Waals surface area contributed by atoms with Crippen LogP contribution in [0, 0.1) is 11.3 Å². The third kappa shape index (κ3) is 1.59. The molecule has 0 aliphatic heterocycles. The molecule has 1 aromatic heterocycles. The molecule has 0 spiro atoms. The van der Waals surface area contributed by atoms with Gasteiger partial charge in [0.05, 0.1) is 5.56 Å². The number of nitriles is 1. The van der Waals surface area contributed by atoms with Crippen LogP contribution in [0.25, 0.3) is 0 Å². The van der Waals surface area contributed by atoms with E-state index in [1.807, 2.05) is 11.4 Å². The van der Waals surface area contributed by atoms with E-state index in [-0.39, 0.29) is 0 Å². The summed E-state index contributed by atoms with van der Waals surface area (Å²) in [5.74, 6) is 0. The van der Waals surface area contributed by atoms with Crippen molar-refractivity contribution in [2.75, 3.05) is 5.33 Å². The smallest absolute Gasteiger partial charge is 0.100 e. The Hall–Kier alpha value is -0.330. The Kier molecular flexibility index (Phi) is 2.91. The van der Waals surface area contributed by atoms with Crippen LogP contribution >= 0.6 is 27.3 Å². The van der Waals surface area contributed by atoms with Crippen LogP contribution in [0.15, 0.2) is 11.4 Å². The van der Waals surface area contributed by atoms with E-state index >= 15 is 0 Å². The van der Waals surface area contributed by atoms with Gasteiger partial charge < -0.3 is 0 Å². The summed E-state index contributed by atoms with van der Waals surface area (Å²) in [6, 6.07) is 4.01. The van der Waals surface area contributed by atoms with Gasteiger partial charge in [0.15, 0.2) is 0 Å². The Balaban J connectivity index is 2.82. The van der Waals surface area contributed by atoms with Gasteiger partial charge in [-0.1, -0.05) is 15.9 Å². The largest absolute Gasteiger partial charge is 0.192 e. The van der Waals surface area contributed by atoms with Crippen LogP contribution in [0.4, 0.5) is 0 Å². The summed E-state index contributed by atoms with van der Waals surface area (Å²) in [5, 5.41) is 11.5. The zero-order valence-electron chi connectivity index (χ0n) is 5.30. The van der Waals surface area contributed by atoms with Gasteiger partial charge >= 0.3 is 0 Å². The van der Waals surface area contributed by atoms with Crippen molar-refractivity contribution < 1.29 is 0 Å². The summed E-state index contributed by atoms with van der Waals surface area (Å²) in [4.78, 5) is 1.18. The van der Waals surface area contributed by atoms with E-state index in [9.17, 15) is 0 Å². The number of rotatable bonds is 2. The SMILES string of the molecule is N#Cc1ccsc1CCBr. The first-order valence-electron chi connectivity index (χ1n) is 2.91. The molecular weight excluding hydrogens is 210 g/mol. The number of nitrogens with zero attached hydrogens (tertiary/aromatic N) is 1. The highest BCUT2D eigenvalue weighted by Gasteiger charge is 2.00. The van der Waals surface area contributed by atoms with Gasteiger partial charge in [0, 0.05) is 10.2 Å². The van der Waals surface area contributed by atoms with Crippen molar-refractivity contribution >= 4 is 27.3 Å². The normalized spacial score (nSPS) is 9.20. The van der Waals surface area contributed by atoms with Crippen LogP contribution in [0.3, 0.4) is 0 Å². The zero-order valence-corrected chi connectivity index (χ0v) is 7.70. The van der Waals surface area contributed by atoms with Crippen LogP contribution in [0.5, 0.6) is 0 Å². The second-order valence-electron chi connectivity index (χ2n) is 1.81. The molecule has 0 N–H and O–H groups in total. The fourth-order valence-corrected chi connectivity index (χ4v) is 2.21. The zero-order chi connectivity index (χ0) is 7.40. The van der Waals surface area contributed by atoms with Crippen LogP contribution in [-0.2, 0) is 6.42 Å². The van der Waals surface area contributed by atoms with Gasteiger partial charge in [0.1, 0.15) is 6.07 Å². The minimum atomic E-state index is 0.824. The van der Waals surface area contributed by atoms with Gasteiger partial charge in [0.2, 0.25) is 0 Å². The van der Waals surface area contributed by atoms with E-state index in [2.05, 4.69) is 22.0 Å². The number of hydrogen-bond acceptors (Lipinski definition) is 2. The molecule has 0 aliphatic rings. The second kappa shape index (κ2) is 3.75. The maximum absolute atomic E-state index is 8.58. The molecule has 1 heterocycles. The maximum Gasteiger partial charge on any atom is 0.100 e. The lowest BCUT2D eigenvalue weighted by molar-refractivity contribution is 1.21. The van der Waals surface area contributed by atoms with E-state index in [0.29, 0.717) is 0 Å².